The van der Waals surface area contributed by atoms with Crippen molar-refractivity contribution in [3.63, 3.8) is 0 Å². The van der Waals surface area contributed by atoms with Crippen LogP contribution < -0.4 is 5.32 Å². The van der Waals surface area contributed by atoms with Gasteiger partial charge < -0.3 is 15.3 Å². The molecule has 3 aromatic carbocycles. The Labute approximate surface area is 276 Å². The Bertz CT molecular complexity index is 1490. The second-order valence-corrected chi connectivity index (χ2v) is 11.4. The van der Waals surface area contributed by atoms with Crippen molar-refractivity contribution in [3.05, 3.63) is 125 Å². The molecule has 0 saturated carbocycles. The highest BCUT2D eigenvalue weighted by Crippen LogP contribution is 2.34. The summed E-state index contributed by atoms with van der Waals surface area (Å²) in [6, 6.07) is 26.9. The number of benzene rings is 3. The third-order valence-electron chi connectivity index (χ3n) is 8.20. The molecule has 1 aromatic heterocycles. The third-order valence-corrected chi connectivity index (χ3v) is 8.20. The molecule has 1 aliphatic heterocycles. The highest BCUT2D eigenvalue weighted by atomic mass is 35.5. The number of alkyl halides is 6. The lowest BCUT2D eigenvalue weighted by molar-refractivity contribution is -0.141. The maximum atomic E-state index is 13.6. The molecule has 4 aromatic rings. The average Bonchev–Trinajstić information content (AvgIpc) is 3.05. The molecule has 0 spiro atoms. The third kappa shape index (κ3) is 9.77. The lowest BCUT2D eigenvalue weighted by Gasteiger charge is -2.40. The summed E-state index contributed by atoms with van der Waals surface area (Å²) in [7, 11) is 0. The molecule has 5 rings (SSSR count). The molecule has 2 heterocycles. The Balaban J connectivity index is 0.00000500. The lowest BCUT2D eigenvalue weighted by Crippen LogP contribution is -2.48. The van der Waals surface area contributed by atoms with Gasteiger partial charge in [-0.05, 0) is 60.5 Å². The number of pyridine rings is 1. The van der Waals surface area contributed by atoms with Gasteiger partial charge in [0.05, 0.1) is 23.4 Å². The number of aromatic nitrogens is 1. The number of piperazine rings is 1. The van der Waals surface area contributed by atoms with Crippen LogP contribution in [0.1, 0.15) is 46.5 Å². The van der Waals surface area contributed by atoms with Crippen LogP contribution in [0.4, 0.5) is 26.3 Å². The minimum Gasteiger partial charge on any atom is -0.387 e. The summed E-state index contributed by atoms with van der Waals surface area (Å²) >= 11 is 0. The fourth-order valence-electron chi connectivity index (χ4n) is 5.78. The molecule has 47 heavy (non-hydrogen) atoms. The van der Waals surface area contributed by atoms with Crippen molar-refractivity contribution >= 4 is 12.4 Å². The Morgan fingerprint density at radius 2 is 1.30 bits per heavy atom. The second kappa shape index (κ2) is 16.1. The number of halogens is 7. The average molecular weight is 679 g/mol. The monoisotopic (exact) mass is 678 g/mol. The van der Waals surface area contributed by atoms with Gasteiger partial charge in [0.15, 0.2) is 0 Å². The molecule has 1 saturated heterocycles. The van der Waals surface area contributed by atoms with E-state index in [4.69, 9.17) is 0 Å². The van der Waals surface area contributed by atoms with Gasteiger partial charge in [-0.15, -0.1) is 12.4 Å². The number of nitrogens with one attached hydrogen (secondary N) is 1. The Hall–Kier alpha value is -3.48. The van der Waals surface area contributed by atoms with Gasteiger partial charge in [-0.2, -0.15) is 26.3 Å². The predicted octanol–water partition coefficient (Wildman–Crippen LogP) is 7.63. The molecule has 0 unspecified atom stereocenters. The number of rotatable bonds is 11. The van der Waals surface area contributed by atoms with Crippen molar-refractivity contribution in [2.75, 3.05) is 45.8 Å². The van der Waals surface area contributed by atoms with Gasteiger partial charge in [-0.3, -0.25) is 4.90 Å². The van der Waals surface area contributed by atoms with Crippen molar-refractivity contribution in [1.82, 2.24) is 20.1 Å². The number of hydrogen-bond donors (Lipinski definition) is 2. The fourth-order valence-corrected chi connectivity index (χ4v) is 5.78. The first-order chi connectivity index (χ1) is 22.0. The molecule has 252 valence electrons. The van der Waals surface area contributed by atoms with E-state index >= 15 is 0 Å². The van der Waals surface area contributed by atoms with E-state index in [9.17, 15) is 31.4 Å². The molecule has 12 heteroatoms. The van der Waals surface area contributed by atoms with E-state index in [1.165, 1.54) is 17.2 Å². The van der Waals surface area contributed by atoms with Crippen LogP contribution in [0.15, 0.2) is 97.1 Å². The van der Waals surface area contributed by atoms with Crippen LogP contribution in [-0.2, 0) is 12.4 Å². The zero-order valence-corrected chi connectivity index (χ0v) is 26.3. The van der Waals surface area contributed by atoms with Crippen molar-refractivity contribution in [2.24, 2.45) is 0 Å². The summed E-state index contributed by atoms with van der Waals surface area (Å²) in [5.74, 6) is 0. The molecule has 1 atom stereocenters. The molecular formula is C35H37ClF6N4O. The zero-order chi connectivity index (χ0) is 32.7. The molecular weight excluding hydrogens is 642 g/mol. The van der Waals surface area contributed by atoms with Gasteiger partial charge in [0.25, 0.3) is 0 Å². The first kappa shape index (κ1) is 36.4. The first-order valence-electron chi connectivity index (χ1n) is 15.2. The van der Waals surface area contributed by atoms with E-state index in [2.05, 4.69) is 68.6 Å². The SMILES string of the molecule is Cl.O[C@H](CNCCCN1CCN(C(c2ccccc2)c2ccccc2)CC1)c1cc(-c2ccc(C(F)(F)F)cc2)nc(C(F)(F)F)c1. The Morgan fingerprint density at radius 3 is 1.83 bits per heavy atom. The van der Waals surface area contributed by atoms with Crippen LogP contribution in [0.25, 0.3) is 11.3 Å². The van der Waals surface area contributed by atoms with Gasteiger partial charge in [0, 0.05) is 38.3 Å². The highest BCUT2D eigenvalue weighted by Gasteiger charge is 2.34. The number of aliphatic hydroxyl groups excluding tert-OH is 1. The van der Waals surface area contributed by atoms with Gasteiger partial charge in [0.2, 0.25) is 0 Å². The first-order valence-corrected chi connectivity index (χ1v) is 15.2. The second-order valence-electron chi connectivity index (χ2n) is 11.4. The van der Waals surface area contributed by atoms with Crippen molar-refractivity contribution < 1.29 is 31.4 Å². The van der Waals surface area contributed by atoms with Crippen LogP contribution in [-0.4, -0.2) is 65.7 Å². The summed E-state index contributed by atoms with van der Waals surface area (Å²) < 4.78 is 79.6. The summed E-state index contributed by atoms with van der Waals surface area (Å²) in [6.45, 7) is 5.03. The van der Waals surface area contributed by atoms with E-state index in [0.29, 0.717) is 6.54 Å². The van der Waals surface area contributed by atoms with E-state index in [0.717, 1.165) is 69.5 Å². The summed E-state index contributed by atoms with van der Waals surface area (Å²) in [4.78, 5) is 8.50. The van der Waals surface area contributed by atoms with Gasteiger partial charge in [0.1, 0.15) is 5.69 Å². The molecule has 1 aliphatic rings. The maximum Gasteiger partial charge on any atom is 0.433 e. The molecule has 1 fully saturated rings. The standard InChI is InChI=1S/C35H36F6N4O.ClH/c36-34(37,38)29-14-12-25(13-15-29)30-22-28(23-32(43-30)35(39,40)41)31(46)24-42-16-7-17-44-18-20-45(21-19-44)33(26-8-3-1-4-9-26)27-10-5-2-6-11-27;/h1-6,8-15,22-23,31,33,42,46H,7,16-21,24H2;1H/t31-;/m1./s1. The normalized spacial score (nSPS) is 15.4. The quantitative estimate of drug-likeness (QED) is 0.126. The summed E-state index contributed by atoms with van der Waals surface area (Å²) in [6.07, 6.45) is -9.85. The lowest BCUT2D eigenvalue weighted by atomic mass is 9.96. The van der Waals surface area contributed by atoms with E-state index < -0.39 is 29.7 Å². The van der Waals surface area contributed by atoms with Crippen molar-refractivity contribution in [1.29, 1.82) is 0 Å². The molecule has 0 amide bonds. The molecule has 0 aliphatic carbocycles. The van der Waals surface area contributed by atoms with Crippen LogP contribution in [0.3, 0.4) is 0 Å². The van der Waals surface area contributed by atoms with Crippen LogP contribution in [0.5, 0.6) is 0 Å². The van der Waals surface area contributed by atoms with E-state index in [-0.39, 0.29) is 41.8 Å². The highest BCUT2D eigenvalue weighted by molar-refractivity contribution is 5.85. The van der Waals surface area contributed by atoms with Crippen LogP contribution in [0.2, 0.25) is 0 Å². The van der Waals surface area contributed by atoms with Gasteiger partial charge in [-0.1, -0.05) is 72.8 Å². The molecule has 0 radical (unpaired) electrons. The number of hydrogen-bond acceptors (Lipinski definition) is 5. The Morgan fingerprint density at radius 1 is 0.723 bits per heavy atom. The van der Waals surface area contributed by atoms with Crippen LogP contribution in [0, 0.1) is 0 Å². The number of nitrogens with zero attached hydrogens (tertiary/aromatic N) is 3. The van der Waals surface area contributed by atoms with E-state index in [1.807, 2.05) is 12.1 Å². The van der Waals surface area contributed by atoms with Crippen LogP contribution >= 0.6 is 12.4 Å². The Kier molecular flexibility index (Phi) is 12.4. The summed E-state index contributed by atoms with van der Waals surface area (Å²) in [5.41, 5.74) is 0.268. The fraction of sp³-hybridized carbons (Fsp3) is 0.343. The summed E-state index contributed by atoms with van der Waals surface area (Å²) in [5, 5.41) is 13.8. The molecule has 5 nitrogen and oxygen atoms in total. The predicted molar refractivity (Wildman–Crippen MR) is 172 cm³/mol. The minimum atomic E-state index is -4.80. The van der Waals surface area contributed by atoms with Crippen molar-refractivity contribution in [2.45, 2.75) is 30.9 Å². The smallest absolute Gasteiger partial charge is 0.387 e. The topological polar surface area (TPSA) is 51.6 Å². The molecule has 2 N–H and O–H groups in total. The maximum absolute atomic E-state index is 13.6. The van der Waals surface area contributed by atoms with Crippen molar-refractivity contribution in [3.8, 4) is 11.3 Å². The largest absolute Gasteiger partial charge is 0.433 e. The molecule has 0 bridgehead atoms. The van der Waals surface area contributed by atoms with E-state index in [1.54, 1.807) is 0 Å². The zero-order valence-electron chi connectivity index (χ0n) is 25.5. The van der Waals surface area contributed by atoms with Gasteiger partial charge >= 0.3 is 12.4 Å². The number of aliphatic hydroxyl groups is 1. The van der Waals surface area contributed by atoms with Gasteiger partial charge in [-0.25, -0.2) is 4.98 Å². The minimum absolute atomic E-state index is 0.